The summed E-state index contributed by atoms with van der Waals surface area (Å²) in [5, 5.41) is 14.4. The normalized spacial score (nSPS) is 11.1. The zero-order chi connectivity index (χ0) is 23.9. The largest absolute Gasteiger partial charge is 0.488 e. The zero-order valence-electron chi connectivity index (χ0n) is 18.7. The molecular weight excluding hydrogens is 427 g/mol. The molecule has 4 rings (SSSR count). The molecule has 168 valence electrons. The molecule has 0 unspecified atom stereocenters. The van der Waals surface area contributed by atoms with Gasteiger partial charge in [0.15, 0.2) is 0 Å². The van der Waals surface area contributed by atoms with Gasteiger partial charge in [0.2, 0.25) is 0 Å². The Balaban J connectivity index is 1.71. The highest BCUT2D eigenvalue weighted by atomic mass is 19.1. The number of hydrogen-bond donors (Lipinski definition) is 1. The summed E-state index contributed by atoms with van der Waals surface area (Å²) in [5.41, 5.74) is 2.91. The fourth-order valence-electron chi connectivity index (χ4n) is 3.77. The number of para-hydroxylation sites is 1. The van der Waals surface area contributed by atoms with Crippen molar-refractivity contribution in [3.63, 3.8) is 0 Å². The number of aryl methyl sites for hydroxylation is 1. The Morgan fingerprint density at radius 3 is 2.62 bits per heavy atom. The van der Waals surface area contributed by atoms with Crippen LogP contribution >= 0.6 is 0 Å². The zero-order valence-corrected chi connectivity index (χ0v) is 18.7. The van der Waals surface area contributed by atoms with Crippen molar-refractivity contribution >= 4 is 28.4 Å². The van der Waals surface area contributed by atoms with Crippen molar-refractivity contribution in [2.45, 2.75) is 20.0 Å². The van der Waals surface area contributed by atoms with E-state index in [0.717, 1.165) is 22.8 Å². The number of nitriles is 1. The Bertz CT molecular complexity index is 1420. The van der Waals surface area contributed by atoms with Gasteiger partial charge in [0.25, 0.3) is 5.91 Å². The van der Waals surface area contributed by atoms with Crippen LogP contribution in [0.3, 0.4) is 0 Å². The third kappa shape index (κ3) is 5.13. The van der Waals surface area contributed by atoms with E-state index in [1.165, 1.54) is 12.1 Å². The van der Waals surface area contributed by atoms with Gasteiger partial charge in [-0.1, -0.05) is 67.6 Å². The molecule has 0 radical (unpaired) electrons. The van der Waals surface area contributed by atoms with Gasteiger partial charge in [-0.3, -0.25) is 4.79 Å². The van der Waals surface area contributed by atoms with Crippen LogP contribution in [0.25, 0.3) is 16.8 Å². The van der Waals surface area contributed by atoms with Gasteiger partial charge in [-0.25, -0.2) is 4.39 Å². The molecule has 4 aromatic carbocycles. The highest BCUT2D eigenvalue weighted by molar-refractivity contribution is 6.11. The first kappa shape index (κ1) is 22.8. The summed E-state index contributed by atoms with van der Waals surface area (Å²) in [6.45, 7) is 2.15. The Labute approximate surface area is 197 Å². The number of anilines is 1. The number of carbonyl (C=O) groups excluding carboxylic acids is 1. The van der Waals surface area contributed by atoms with Crippen LogP contribution in [0, 0.1) is 17.1 Å². The van der Waals surface area contributed by atoms with Gasteiger partial charge < -0.3 is 10.1 Å². The molecule has 0 fully saturated rings. The van der Waals surface area contributed by atoms with Crippen molar-refractivity contribution < 1.29 is 13.9 Å². The van der Waals surface area contributed by atoms with Gasteiger partial charge in [0, 0.05) is 11.3 Å². The Morgan fingerprint density at radius 1 is 1.03 bits per heavy atom. The minimum Gasteiger partial charge on any atom is -0.488 e. The van der Waals surface area contributed by atoms with Crippen LogP contribution in [0.1, 0.15) is 23.6 Å². The number of carbonyl (C=O) groups is 1. The summed E-state index contributed by atoms with van der Waals surface area (Å²) in [5.74, 6) is -0.333. The van der Waals surface area contributed by atoms with Crippen LogP contribution in [0.5, 0.6) is 5.75 Å². The van der Waals surface area contributed by atoms with Crippen LogP contribution in [0.4, 0.5) is 10.1 Å². The lowest BCUT2D eigenvalue weighted by atomic mass is 10.0. The van der Waals surface area contributed by atoms with Gasteiger partial charge >= 0.3 is 0 Å². The molecule has 0 aromatic heterocycles. The van der Waals surface area contributed by atoms with E-state index < -0.39 is 5.91 Å². The van der Waals surface area contributed by atoms with Gasteiger partial charge in [-0.05, 0) is 58.7 Å². The first-order valence-electron chi connectivity index (χ1n) is 11.0. The summed E-state index contributed by atoms with van der Waals surface area (Å²) in [7, 11) is 0. The van der Waals surface area contributed by atoms with Gasteiger partial charge in [-0.15, -0.1) is 0 Å². The second-order valence-corrected chi connectivity index (χ2v) is 7.75. The van der Waals surface area contributed by atoms with E-state index >= 15 is 0 Å². The van der Waals surface area contributed by atoms with Crippen LogP contribution in [0.2, 0.25) is 0 Å². The minimum absolute atomic E-state index is 0.0436. The summed E-state index contributed by atoms with van der Waals surface area (Å²) in [6.07, 6.45) is 2.30. The molecule has 4 aromatic rings. The quantitative estimate of drug-likeness (QED) is 0.253. The molecule has 5 heteroatoms. The summed E-state index contributed by atoms with van der Waals surface area (Å²) in [4.78, 5) is 13.0. The second-order valence-electron chi connectivity index (χ2n) is 7.75. The lowest BCUT2D eigenvalue weighted by Crippen LogP contribution is -2.14. The average molecular weight is 451 g/mol. The predicted octanol–water partition coefficient (Wildman–Crippen LogP) is 6.67. The average Bonchev–Trinajstić information content (AvgIpc) is 2.86. The molecule has 1 amide bonds. The molecule has 0 aliphatic carbocycles. The molecular formula is C29H23FN2O2. The molecule has 0 atom stereocenters. The number of rotatable bonds is 7. The standard InChI is InChI=1S/C29H23FN2O2/c1-2-21-9-4-6-13-27(21)32-29(33)23(18-31)17-26-25-12-5-3-10-22(25)14-15-28(26)34-19-20-8-7-11-24(30)16-20/h3-17H,2,19H2,1H3,(H,32,33)/b23-17+. The monoisotopic (exact) mass is 450 g/mol. The highest BCUT2D eigenvalue weighted by Crippen LogP contribution is 2.31. The molecule has 0 heterocycles. The van der Waals surface area contributed by atoms with E-state index in [9.17, 15) is 14.4 Å². The molecule has 0 saturated carbocycles. The number of fused-ring (bicyclic) bond motifs is 1. The van der Waals surface area contributed by atoms with Crippen LogP contribution in [-0.4, -0.2) is 5.91 Å². The number of nitrogens with one attached hydrogen (secondary N) is 1. The maximum Gasteiger partial charge on any atom is 0.266 e. The highest BCUT2D eigenvalue weighted by Gasteiger charge is 2.15. The smallest absolute Gasteiger partial charge is 0.266 e. The van der Waals surface area contributed by atoms with Gasteiger partial charge in [0.1, 0.15) is 29.8 Å². The van der Waals surface area contributed by atoms with E-state index in [1.54, 1.807) is 24.3 Å². The van der Waals surface area contributed by atoms with Crippen molar-refractivity contribution in [3.8, 4) is 11.8 Å². The Hall–Kier alpha value is -4.43. The van der Waals surface area contributed by atoms with E-state index in [-0.39, 0.29) is 18.0 Å². The summed E-state index contributed by atoms with van der Waals surface area (Å²) >= 11 is 0. The van der Waals surface area contributed by atoms with E-state index in [4.69, 9.17) is 4.74 Å². The Morgan fingerprint density at radius 2 is 1.82 bits per heavy atom. The van der Waals surface area contributed by atoms with E-state index in [0.29, 0.717) is 22.6 Å². The van der Waals surface area contributed by atoms with Crippen molar-refractivity contribution in [2.75, 3.05) is 5.32 Å². The number of amides is 1. The van der Waals surface area contributed by atoms with Crippen molar-refractivity contribution in [2.24, 2.45) is 0 Å². The maximum absolute atomic E-state index is 13.6. The van der Waals surface area contributed by atoms with Gasteiger partial charge in [-0.2, -0.15) is 5.26 Å². The second kappa shape index (κ2) is 10.5. The fourth-order valence-corrected chi connectivity index (χ4v) is 3.77. The molecule has 0 bridgehead atoms. The SMILES string of the molecule is CCc1ccccc1NC(=O)/C(C#N)=C/c1c(OCc2cccc(F)c2)ccc2ccccc12. The van der Waals surface area contributed by atoms with Crippen LogP contribution in [-0.2, 0) is 17.8 Å². The van der Waals surface area contributed by atoms with Gasteiger partial charge in [0.05, 0.1) is 0 Å². The topological polar surface area (TPSA) is 62.1 Å². The summed E-state index contributed by atoms with van der Waals surface area (Å²) < 4.78 is 19.6. The predicted molar refractivity (Wildman–Crippen MR) is 133 cm³/mol. The fraction of sp³-hybridized carbons (Fsp3) is 0.103. The van der Waals surface area contributed by atoms with E-state index in [1.807, 2.05) is 67.6 Å². The third-order valence-electron chi connectivity index (χ3n) is 5.51. The number of hydrogen-bond acceptors (Lipinski definition) is 3. The molecule has 0 saturated heterocycles. The third-order valence-corrected chi connectivity index (χ3v) is 5.51. The van der Waals surface area contributed by atoms with Crippen molar-refractivity contribution in [3.05, 3.63) is 113 Å². The first-order valence-corrected chi connectivity index (χ1v) is 11.0. The molecule has 1 N–H and O–H groups in total. The lowest BCUT2D eigenvalue weighted by molar-refractivity contribution is -0.112. The minimum atomic E-state index is -0.493. The molecule has 0 aliphatic heterocycles. The van der Waals surface area contributed by atoms with Crippen LogP contribution in [0.15, 0.2) is 90.5 Å². The Kier molecular flexibility index (Phi) is 7.00. The summed E-state index contributed by atoms with van der Waals surface area (Å²) in [6, 6.07) is 27.1. The lowest BCUT2D eigenvalue weighted by Gasteiger charge is -2.13. The maximum atomic E-state index is 13.6. The number of nitrogens with zero attached hydrogens (tertiary/aromatic N) is 1. The van der Waals surface area contributed by atoms with E-state index in [2.05, 4.69) is 5.32 Å². The number of benzene rings is 4. The van der Waals surface area contributed by atoms with Crippen molar-refractivity contribution in [1.82, 2.24) is 0 Å². The van der Waals surface area contributed by atoms with Crippen molar-refractivity contribution in [1.29, 1.82) is 5.26 Å². The number of halogens is 1. The van der Waals surface area contributed by atoms with Crippen LogP contribution < -0.4 is 10.1 Å². The number of ether oxygens (including phenoxy) is 1. The molecule has 0 spiro atoms. The first-order chi connectivity index (χ1) is 16.6. The molecule has 0 aliphatic rings. The molecule has 4 nitrogen and oxygen atoms in total. The molecule has 34 heavy (non-hydrogen) atoms.